The van der Waals surface area contributed by atoms with Crippen molar-refractivity contribution in [3.05, 3.63) is 65.2 Å². The Kier molecular flexibility index (Phi) is 24.3. The molecule has 0 heterocycles. The predicted molar refractivity (Wildman–Crippen MR) is 243 cm³/mol. The number of hydrogen-bond donors (Lipinski definition) is 9. The van der Waals surface area contributed by atoms with Crippen molar-refractivity contribution in [1.29, 1.82) is 0 Å². The molecule has 2 aromatic rings. The van der Waals surface area contributed by atoms with Crippen LogP contribution < -0.4 is 53.4 Å². The molecule has 7 amide bonds. The molecule has 0 aliphatic heterocycles. The van der Waals surface area contributed by atoms with Gasteiger partial charge in [0.15, 0.2) is 0 Å². The number of carbonyl (C=O) groups excluding carboxylic acids is 7. The second kappa shape index (κ2) is 28.7. The number of hydrogen-bond acceptors (Lipinski definition) is 12. The summed E-state index contributed by atoms with van der Waals surface area (Å²) in [6.45, 7) is 11.7. The largest absolute Gasteiger partial charge is 0.492 e. The van der Waals surface area contributed by atoms with Crippen LogP contribution in [0.5, 0.6) is 5.75 Å². The van der Waals surface area contributed by atoms with Crippen molar-refractivity contribution in [2.24, 2.45) is 11.5 Å². The first-order valence-corrected chi connectivity index (χ1v) is 21.9. The molecule has 11 N–H and O–H groups in total. The molecule has 0 bridgehead atoms. The summed E-state index contributed by atoms with van der Waals surface area (Å²) in [5.41, 5.74) is 11.5. The van der Waals surface area contributed by atoms with Crippen LogP contribution in [0.25, 0.3) is 0 Å². The topological polar surface area (TPSA) is 283 Å². The molecule has 2 rings (SSSR count). The molecular weight excluding hydrogens is 827 g/mol. The molecule has 0 aromatic heterocycles. The van der Waals surface area contributed by atoms with Gasteiger partial charge in [0.25, 0.3) is 11.8 Å². The molecule has 2 atom stereocenters. The molecular formula is C45H71N9O10. The summed E-state index contributed by atoms with van der Waals surface area (Å²) >= 11 is 0. The molecule has 0 aliphatic rings. The van der Waals surface area contributed by atoms with Gasteiger partial charge in [-0.3, -0.25) is 24.0 Å². The Morgan fingerprint density at radius 3 is 1.77 bits per heavy atom. The van der Waals surface area contributed by atoms with Crippen LogP contribution in [0.1, 0.15) is 113 Å². The number of ether oxygens (including phenoxy) is 3. The third-order valence-corrected chi connectivity index (χ3v) is 8.93. The Hall–Kier alpha value is -5.95. The van der Waals surface area contributed by atoms with E-state index in [-0.39, 0.29) is 62.1 Å². The Labute approximate surface area is 377 Å². The molecule has 356 valence electrons. The first kappa shape index (κ1) is 54.2. The Morgan fingerprint density at radius 1 is 0.609 bits per heavy atom. The van der Waals surface area contributed by atoms with E-state index >= 15 is 0 Å². The molecule has 0 saturated carbocycles. The maximum atomic E-state index is 13.4. The van der Waals surface area contributed by atoms with E-state index in [4.69, 9.17) is 25.7 Å². The second-order valence-electron chi connectivity index (χ2n) is 17.0. The summed E-state index contributed by atoms with van der Waals surface area (Å²) in [4.78, 5) is 88.9. The lowest BCUT2D eigenvalue weighted by Crippen LogP contribution is -2.49. The van der Waals surface area contributed by atoms with Gasteiger partial charge in [0.05, 0.1) is 12.6 Å². The minimum atomic E-state index is -0.878. The van der Waals surface area contributed by atoms with E-state index < -0.39 is 59.1 Å². The van der Waals surface area contributed by atoms with Crippen LogP contribution in [0.4, 0.5) is 9.59 Å². The molecule has 0 saturated heterocycles. The lowest BCUT2D eigenvalue weighted by Gasteiger charge is -2.23. The molecule has 19 heteroatoms. The van der Waals surface area contributed by atoms with Gasteiger partial charge in [-0.15, -0.1) is 0 Å². The Morgan fingerprint density at radius 2 is 1.17 bits per heavy atom. The summed E-state index contributed by atoms with van der Waals surface area (Å²) in [5, 5.41) is 18.9. The highest BCUT2D eigenvalue weighted by atomic mass is 16.6. The lowest BCUT2D eigenvalue weighted by atomic mass is 10.1. The average molecular weight is 898 g/mol. The van der Waals surface area contributed by atoms with Gasteiger partial charge >= 0.3 is 12.2 Å². The number of alkyl carbamates (subject to hydrolysis) is 2. The Bertz CT molecular complexity index is 1800. The van der Waals surface area contributed by atoms with Crippen molar-refractivity contribution in [2.45, 2.75) is 116 Å². The zero-order chi connectivity index (χ0) is 47.5. The van der Waals surface area contributed by atoms with Crippen LogP contribution in [-0.2, 0) is 30.3 Å². The SMILES string of the molecule is CC(C)(C)OC(=O)NCCCCC(N)C(=O)NCCNC(=O)c1cc(OCCNC(=O)CCc2ccccc2)cc(C(=O)NCCNC(=O)[C@H](CCCCN)NC(=O)OC(C)(C)C)c1. The van der Waals surface area contributed by atoms with Gasteiger partial charge in [0.1, 0.15) is 29.6 Å². The predicted octanol–water partition coefficient (Wildman–Crippen LogP) is 2.55. The normalized spacial score (nSPS) is 12.1. The van der Waals surface area contributed by atoms with Crippen LogP contribution in [0, 0.1) is 0 Å². The number of carbonyl (C=O) groups is 7. The first-order valence-electron chi connectivity index (χ1n) is 21.9. The Balaban J connectivity index is 1.98. The summed E-state index contributed by atoms with van der Waals surface area (Å²) in [5.74, 6) is -1.92. The lowest BCUT2D eigenvalue weighted by molar-refractivity contribution is -0.123. The van der Waals surface area contributed by atoms with Crippen LogP contribution in [0.2, 0.25) is 0 Å². The smallest absolute Gasteiger partial charge is 0.408 e. The van der Waals surface area contributed by atoms with Gasteiger partial charge in [0.2, 0.25) is 17.7 Å². The van der Waals surface area contributed by atoms with Crippen LogP contribution in [-0.4, -0.2) is 117 Å². The van der Waals surface area contributed by atoms with Crippen LogP contribution >= 0.6 is 0 Å². The highest BCUT2D eigenvalue weighted by molar-refractivity contribution is 6.00. The zero-order valence-electron chi connectivity index (χ0n) is 38.3. The number of amides is 7. The summed E-state index contributed by atoms with van der Waals surface area (Å²) in [6.07, 6.45) is 2.80. The van der Waals surface area contributed by atoms with E-state index in [1.807, 2.05) is 30.3 Å². The number of aryl methyl sites for hydroxylation is 1. The van der Waals surface area contributed by atoms with Gasteiger partial charge in [-0.05, 0) is 117 Å². The van der Waals surface area contributed by atoms with E-state index in [1.165, 1.54) is 18.2 Å². The van der Waals surface area contributed by atoms with Crippen molar-refractivity contribution in [3.8, 4) is 5.75 Å². The second-order valence-corrected chi connectivity index (χ2v) is 17.0. The minimum Gasteiger partial charge on any atom is -0.492 e. The minimum absolute atomic E-state index is 0.0129. The van der Waals surface area contributed by atoms with Gasteiger partial charge in [-0.25, -0.2) is 9.59 Å². The van der Waals surface area contributed by atoms with Crippen molar-refractivity contribution in [1.82, 2.24) is 37.2 Å². The number of rotatable bonds is 27. The fourth-order valence-corrected chi connectivity index (χ4v) is 5.81. The summed E-state index contributed by atoms with van der Waals surface area (Å²) in [7, 11) is 0. The first-order chi connectivity index (χ1) is 30.3. The molecule has 64 heavy (non-hydrogen) atoms. The molecule has 0 aliphatic carbocycles. The highest BCUT2D eigenvalue weighted by Crippen LogP contribution is 2.18. The fourth-order valence-electron chi connectivity index (χ4n) is 5.81. The quantitative estimate of drug-likeness (QED) is 0.0586. The van der Waals surface area contributed by atoms with Crippen LogP contribution in [0.15, 0.2) is 48.5 Å². The number of benzene rings is 2. The summed E-state index contributed by atoms with van der Waals surface area (Å²) in [6, 6.07) is 12.3. The zero-order valence-corrected chi connectivity index (χ0v) is 38.3. The van der Waals surface area contributed by atoms with E-state index in [0.717, 1.165) is 5.56 Å². The van der Waals surface area contributed by atoms with Crippen molar-refractivity contribution in [2.75, 3.05) is 52.4 Å². The number of nitrogens with one attached hydrogen (secondary N) is 7. The fraction of sp³-hybridized carbons (Fsp3) is 0.578. The van der Waals surface area contributed by atoms with Crippen LogP contribution in [0.3, 0.4) is 0 Å². The molecule has 1 unspecified atom stereocenters. The molecule has 0 radical (unpaired) electrons. The molecule has 0 fully saturated rings. The van der Waals surface area contributed by atoms with Crippen molar-refractivity contribution >= 4 is 41.7 Å². The molecule has 19 nitrogen and oxygen atoms in total. The van der Waals surface area contributed by atoms with E-state index in [2.05, 4.69) is 37.2 Å². The van der Waals surface area contributed by atoms with E-state index in [1.54, 1.807) is 41.5 Å². The highest BCUT2D eigenvalue weighted by Gasteiger charge is 2.24. The monoisotopic (exact) mass is 898 g/mol. The van der Waals surface area contributed by atoms with Gasteiger partial charge in [-0.1, -0.05) is 30.3 Å². The van der Waals surface area contributed by atoms with Crippen molar-refractivity contribution < 1.29 is 47.8 Å². The molecule has 0 spiro atoms. The van der Waals surface area contributed by atoms with Gasteiger partial charge < -0.3 is 62.9 Å². The average Bonchev–Trinajstić information content (AvgIpc) is 3.22. The third-order valence-electron chi connectivity index (χ3n) is 8.93. The van der Waals surface area contributed by atoms with E-state index in [0.29, 0.717) is 64.5 Å². The van der Waals surface area contributed by atoms with Gasteiger partial charge in [0, 0.05) is 50.3 Å². The number of nitrogens with two attached hydrogens (primary N) is 2. The van der Waals surface area contributed by atoms with E-state index in [9.17, 15) is 33.6 Å². The molecule has 2 aromatic carbocycles. The maximum Gasteiger partial charge on any atom is 0.408 e. The van der Waals surface area contributed by atoms with Crippen molar-refractivity contribution in [3.63, 3.8) is 0 Å². The third kappa shape index (κ3) is 24.6. The maximum absolute atomic E-state index is 13.4. The summed E-state index contributed by atoms with van der Waals surface area (Å²) < 4.78 is 16.4. The van der Waals surface area contributed by atoms with Gasteiger partial charge in [-0.2, -0.15) is 0 Å². The number of unbranched alkanes of at least 4 members (excludes halogenated alkanes) is 2. The standard InChI is InChI=1S/C45H71N9O10/c1-44(2,3)63-42(60)53-21-13-11-16-35(47)40(58)51-24-22-49-38(56)32-28-33(30-34(29-32)62-27-26-48-37(55)19-18-31-14-8-7-9-15-31)39(57)50-23-25-52-41(59)36(17-10-12-20-46)54-43(61)64-45(4,5)6/h7-9,14-15,28-30,35-36H,10-13,16-27,46-47H2,1-6H3,(H,48,55)(H,49,56)(H,50,57)(H,51,58)(H,52,59)(H,53,60)(H,54,61)/t35?,36-/m0/s1.